The van der Waals surface area contributed by atoms with Crippen molar-refractivity contribution in [1.29, 1.82) is 0 Å². The zero-order chi connectivity index (χ0) is 18.0. The van der Waals surface area contributed by atoms with E-state index >= 15 is 0 Å². The van der Waals surface area contributed by atoms with E-state index in [0.29, 0.717) is 49.7 Å². The summed E-state index contributed by atoms with van der Waals surface area (Å²) < 4.78 is 11.4. The lowest BCUT2D eigenvalue weighted by molar-refractivity contribution is -0.181. The van der Waals surface area contributed by atoms with Gasteiger partial charge in [0.05, 0.1) is 41.4 Å². The van der Waals surface area contributed by atoms with Gasteiger partial charge in [0.2, 0.25) is 0 Å². The lowest BCUT2D eigenvalue weighted by Gasteiger charge is -2.37. The molecule has 2 aliphatic rings. The number of nitrogens with one attached hydrogen (secondary N) is 1. The van der Waals surface area contributed by atoms with Crippen LogP contribution in [0.2, 0.25) is 5.02 Å². The smallest absolute Gasteiger partial charge is 0.255 e. The molecule has 2 aromatic rings. The maximum Gasteiger partial charge on any atom is 0.255 e. The number of rotatable bonds is 3. The lowest BCUT2D eigenvalue weighted by Crippen LogP contribution is -2.47. The van der Waals surface area contributed by atoms with E-state index in [4.69, 9.17) is 21.1 Å². The second-order valence-corrected chi connectivity index (χ2v) is 6.87. The van der Waals surface area contributed by atoms with E-state index in [9.17, 15) is 4.79 Å². The molecule has 136 valence electrons. The molecule has 1 amide bonds. The zero-order valence-corrected chi connectivity index (χ0v) is 15.0. The molecule has 1 spiro atoms. The Morgan fingerprint density at radius 1 is 1.15 bits per heavy atom. The van der Waals surface area contributed by atoms with Crippen molar-refractivity contribution in [3.05, 3.63) is 53.3 Å². The van der Waals surface area contributed by atoms with Crippen molar-refractivity contribution in [2.24, 2.45) is 0 Å². The van der Waals surface area contributed by atoms with Crippen LogP contribution in [-0.4, -0.2) is 47.9 Å². The summed E-state index contributed by atoms with van der Waals surface area (Å²) >= 11 is 6.18. The van der Waals surface area contributed by atoms with Crippen LogP contribution >= 0.6 is 11.6 Å². The van der Waals surface area contributed by atoms with E-state index in [1.165, 1.54) is 0 Å². The Kier molecular flexibility index (Phi) is 4.80. The molecule has 1 N–H and O–H groups in total. The largest absolute Gasteiger partial charge is 0.353 e. The Morgan fingerprint density at radius 3 is 2.62 bits per heavy atom. The molecular formula is C19H20ClN3O3. The van der Waals surface area contributed by atoms with E-state index in [2.05, 4.69) is 10.3 Å². The van der Waals surface area contributed by atoms with Crippen molar-refractivity contribution in [3.63, 3.8) is 0 Å². The molecular weight excluding hydrogens is 354 g/mol. The van der Waals surface area contributed by atoms with Crippen molar-refractivity contribution in [2.45, 2.75) is 18.6 Å². The van der Waals surface area contributed by atoms with Gasteiger partial charge in [-0.05, 0) is 18.2 Å². The van der Waals surface area contributed by atoms with Crippen molar-refractivity contribution in [2.75, 3.05) is 31.6 Å². The van der Waals surface area contributed by atoms with E-state index in [1.807, 2.05) is 29.2 Å². The molecule has 4 rings (SSSR count). The number of amides is 1. The molecule has 1 aromatic heterocycles. The van der Waals surface area contributed by atoms with Crippen LogP contribution < -0.4 is 5.32 Å². The average molecular weight is 374 g/mol. The molecule has 1 aromatic carbocycles. The van der Waals surface area contributed by atoms with Crippen molar-refractivity contribution >= 4 is 28.9 Å². The van der Waals surface area contributed by atoms with E-state index in [-0.39, 0.29) is 5.91 Å². The molecule has 2 aliphatic heterocycles. The topological polar surface area (TPSA) is 63.7 Å². The van der Waals surface area contributed by atoms with Crippen molar-refractivity contribution in [3.8, 4) is 0 Å². The number of likely N-dealkylation sites (tertiary alicyclic amines) is 1. The van der Waals surface area contributed by atoms with E-state index < -0.39 is 5.79 Å². The number of carbonyl (C=O) groups excluding carboxylic acids is 1. The summed E-state index contributed by atoms with van der Waals surface area (Å²) in [5, 5.41) is 3.82. The summed E-state index contributed by atoms with van der Waals surface area (Å²) in [7, 11) is 0. The molecule has 0 atom stereocenters. The third-order valence-corrected chi connectivity index (χ3v) is 5.09. The number of hydrogen-bond donors (Lipinski definition) is 1. The number of halogens is 1. The Labute approximate surface area is 157 Å². The highest BCUT2D eigenvalue weighted by molar-refractivity contribution is 6.33. The Morgan fingerprint density at radius 2 is 1.88 bits per heavy atom. The van der Waals surface area contributed by atoms with Crippen molar-refractivity contribution < 1.29 is 14.3 Å². The van der Waals surface area contributed by atoms with Gasteiger partial charge in [-0.15, -0.1) is 0 Å². The van der Waals surface area contributed by atoms with Crippen LogP contribution in [0.5, 0.6) is 0 Å². The molecule has 2 fully saturated rings. The normalized spacial score (nSPS) is 18.9. The predicted octanol–water partition coefficient (Wildman–Crippen LogP) is 3.46. The molecule has 0 radical (unpaired) electrons. The number of benzene rings is 1. The van der Waals surface area contributed by atoms with Gasteiger partial charge in [-0.1, -0.05) is 23.7 Å². The number of hydrogen-bond acceptors (Lipinski definition) is 5. The molecule has 0 unspecified atom stereocenters. The quantitative estimate of drug-likeness (QED) is 0.892. The van der Waals surface area contributed by atoms with Crippen LogP contribution in [-0.2, 0) is 9.47 Å². The van der Waals surface area contributed by atoms with Gasteiger partial charge in [0.15, 0.2) is 5.79 Å². The lowest BCUT2D eigenvalue weighted by atomic mass is 10.0. The summed E-state index contributed by atoms with van der Waals surface area (Å²) in [6.07, 6.45) is 4.66. The van der Waals surface area contributed by atoms with Gasteiger partial charge in [-0.2, -0.15) is 0 Å². The Hall–Kier alpha value is -2.15. The second kappa shape index (κ2) is 7.23. The molecule has 0 saturated carbocycles. The van der Waals surface area contributed by atoms with Gasteiger partial charge in [0.25, 0.3) is 5.91 Å². The first-order valence-electron chi connectivity index (χ1n) is 8.69. The number of anilines is 2. The van der Waals surface area contributed by atoms with Crippen LogP contribution in [0.3, 0.4) is 0 Å². The minimum Gasteiger partial charge on any atom is -0.353 e. The first-order valence-corrected chi connectivity index (χ1v) is 9.07. The van der Waals surface area contributed by atoms with E-state index in [0.717, 1.165) is 11.4 Å². The number of nitrogens with zero attached hydrogens (tertiary/aromatic N) is 2. The molecule has 0 bridgehead atoms. The number of piperidine rings is 1. The average Bonchev–Trinajstić information content (AvgIpc) is 3.12. The zero-order valence-electron chi connectivity index (χ0n) is 14.3. The fourth-order valence-corrected chi connectivity index (χ4v) is 3.55. The SMILES string of the molecule is O=C(c1cncc(Nc2ccccc2Cl)c1)N1CCC2(CC1)OCCO2. The van der Waals surface area contributed by atoms with Gasteiger partial charge in [-0.3, -0.25) is 9.78 Å². The third kappa shape index (κ3) is 3.53. The number of aromatic nitrogens is 1. The maximum atomic E-state index is 12.8. The highest BCUT2D eigenvalue weighted by atomic mass is 35.5. The molecule has 3 heterocycles. The van der Waals surface area contributed by atoms with Gasteiger partial charge in [-0.25, -0.2) is 0 Å². The molecule has 2 saturated heterocycles. The van der Waals surface area contributed by atoms with Crippen LogP contribution in [0.1, 0.15) is 23.2 Å². The molecule has 6 nitrogen and oxygen atoms in total. The fourth-order valence-electron chi connectivity index (χ4n) is 3.36. The van der Waals surface area contributed by atoms with Gasteiger partial charge in [0.1, 0.15) is 0 Å². The highest BCUT2D eigenvalue weighted by Gasteiger charge is 2.40. The van der Waals surface area contributed by atoms with Gasteiger partial charge < -0.3 is 19.7 Å². The maximum absolute atomic E-state index is 12.8. The summed E-state index contributed by atoms with van der Waals surface area (Å²) in [5.74, 6) is -0.518. The Balaban J connectivity index is 1.44. The Bertz CT molecular complexity index is 798. The fraction of sp³-hybridized carbons (Fsp3) is 0.368. The minimum absolute atomic E-state index is 0.0341. The highest BCUT2D eigenvalue weighted by Crippen LogP contribution is 2.32. The van der Waals surface area contributed by atoms with Gasteiger partial charge in [0, 0.05) is 32.1 Å². The number of para-hydroxylation sites is 1. The standard InChI is InChI=1S/C19H20ClN3O3/c20-16-3-1-2-4-17(16)22-15-11-14(12-21-13-15)18(24)23-7-5-19(6-8-23)25-9-10-26-19/h1-4,11-13,22H,5-10H2. The summed E-state index contributed by atoms with van der Waals surface area (Å²) in [4.78, 5) is 18.8. The monoisotopic (exact) mass is 373 g/mol. The van der Waals surface area contributed by atoms with Crippen molar-refractivity contribution in [1.82, 2.24) is 9.88 Å². The van der Waals surface area contributed by atoms with Gasteiger partial charge >= 0.3 is 0 Å². The van der Waals surface area contributed by atoms with Crippen LogP contribution in [0, 0.1) is 0 Å². The molecule has 0 aliphatic carbocycles. The van der Waals surface area contributed by atoms with Crippen LogP contribution in [0.4, 0.5) is 11.4 Å². The van der Waals surface area contributed by atoms with E-state index in [1.54, 1.807) is 18.5 Å². The second-order valence-electron chi connectivity index (χ2n) is 6.47. The molecule has 7 heteroatoms. The first-order chi connectivity index (χ1) is 12.7. The number of ether oxygens (including phenoxy) is 2. The predicted molar refractivity (Wildman–Crippen MR) is 98.7 cm³/mol. The first kappa shape index (κ1) is 17.3. The third-order valence-electron chi connectivity index (χ3n) is 4.76. The molecule has 26 heavy (non-hydrogen) atoms. The minimum atomic E-state index is -0.484. The number of carbonyl (C=O) groups is 1. The van der Waals surface area contributed by atoms with Crippen LogP contribution in [0.15, 0.2) is 42.7 Å². The number of pyridine rings is 1. The van der Waals surface area contributed by atoms with Crippen LogP contribution in [0.25, 0.3) is 0 Å². The summed E-state index contributed by atoms with van der Waals surface area (Å²) in [6, 6.07) is 9.25. The summed E-state index contributed by atoms with van der Waals surface area (Å²) in [5.41, 5.74) is 2.04. The summed E-state index contributed by atoms with van der Waals surface area (Å²) in [6.45, 7) is 2.49.